The molecule has 0 heterocycles. The van der Waals surface area contributed by atoms with Crippen LogP contribution in [0.3, 0.4) is 0 Å². The van der Waals surface area contributed by atoms with E-state index in [-0.39, 0.29) is 11.7 Å². The predicted octanol–water partition coefficient (Wildman–Crippen LogP) is -2.94. The van der Waals surface area contributed by atoms with Crippen LogP contribution in [0.1, 0.15) is 13.8 Å². The number of carbonyl (C=O) groups excluding carboxylic acids is 3. The molecule has 0 saturated heterocycles. The molecule has 138 valence electrons. The number of rotatable bonds is 10. The Labute approximate surface area is 144 Å². The zero-order valence-corrected chi connectivity index (χ0v) is 14.4. The lowest BCUT2D eigenvalue weighted by Crippen LogP contribution is -2.55. The van der Waals surface area contributed by atoms with Gasteiger partial charge in [0.2, 0.25) is 17.7 Å². The van der Waals surface area contributed by atoms with Crippen molar-refractivity contribution in [2.45, 2.75) is 32.0 Å². The van der Waals surface area contributed by atoms with Gasteiger partial charge in [-0.15, -0.1) is 0 Å². The van der Waals surface area contributed by atoms with Crippen molar-refractivity contribution in [1.29, 1.82) is 0 Å². The van der Waals surface area contributed by atoms with E-state index in [9.17, 15) is 19.2 Å². The molecule has 10 nitrogen and oxygen atoms in total. The highest BCUT2D eigenvalue weighted by Gasteiger charge is 2.25. The van der Waals surface area contributed by atoms with Gasteiger partial charge in [0.1, 0.15) is 12.1 Å². The number of carbonyl (C=O) groups is 4. The normalized spacial score (nSPS) is 14.4. The van der Waals surface area contributed by atoms with Crippen LogP contribution in [-0.4, -0.2) is 70.9 Å². The topological polar surface area (TPSA) is 171 Å². The fraction of sp³-hybridized carbons (Fsp3) is 0.692. The summed E-state index contributed by atoms with van der Waals surface area (Å²) in [4.78, 5) is 46.0. The second-order valence-electron chi connectivity index (χ2n) is 5.37. The lowest BCUT2D eigenvalue weighted by Gasteiger charge is -2.19. The molecular formula is C13H24N4O6S. The number of aliphatic carboxylic acids is 1. The van der Waals surface area contributed by atoms with Gasteiger partial charge in [-0.25, -0.2) is 4.79 Å². The molecule has 0 rings (SSSR count). The van der Waals surface area contributed by atoms with Crippen LogP contribution < -0.4 is 21.7 Å². The first kappa shape index (κ1) is 22.1. The zero-order chi connectivity index (χ0) is 18.9. The number of aliphatic hydroxyl groups is 1. The molecule has 0 aromatic heterocycles. The summed E-state index contributed by atoms with van der Waals surface area (Å²) in [7, 11) is 0. The van der Waals surface area contributed by atoms with Crippen molar-refractivity contribution in [3.05, 3.63) is 0 Å². The summed E-state index contributed by atoms with van der Waals surface area (Å²) in [6.45, 7) is 2.32. The van der Waals surface area contributed by atoms with Gasteiger partial charge in [-0.1, -0.05) is 13.8 Å². The Kier molecular flexibility index (Phi) is 10.0. The zero-order valence-electron chi connectivity index (χ0n) is 13.5. The minimum Gasteiger partial charge on any atom is -0.480 e. The van der Waals surface area contributed by atoms with Crippen LogP contribution >= 0.6 is 12.6 Å². The van der Waals surface area contributed by atoms with Crippen LogP contribution in [0.15, 0.2) is 0 Å². The Morgan fingerprint density at radius 2 is 1.67 bits per heavy atom. The standard InChI is InChI=1S/C13H24N4O6S/c1-6(2)10(14)12(21)15-3-9(19)16-7(4-18)11(20)17-8(5-24)13(22)23/h6-8,10,18,24H,3-5,14H2,1-2H3,(H,15,21)(H,16,19)(H,17,20)(H,22,23). The molecule has 3 atom stereocenters. The van der Waals surface area contributed by atoms with E-state index in [1.807, 2.05) is 0 Å². The summed E-state index contributed by atoms with van der Waals surface area (Å²) in [5.41, 5.74) is 5.61. The average molecular weight is 364 g/mol. The number of thiol groups is 1. The molecule has 0 bridgehead atoms. The molecule has 0 aromatic rings. The van der Waals surface area contributed by atoms with Crippen molar-refractivity contribution in [2.75, 3.05) is 18.9 Å². The Morgan fingerprint density at radius 1 is 1.08 bits per heavy atom. The highest BCUT2D eigenvalue weighted by Crippen LogP contribution is 1.97. The third-order valence-corrected chi connectivity index (χ3v) is 3.44. The molecule has 11 heteroatoms. The van der Waals surface area contributed by atoms with Crippen LogP contribution in [0.4, 0.5) is 0 Å². The van der Waals surface area contributed by atoms with Gasteiger partial charge in [0, 0.05) is 5.75 Å². The molecule has 0 aliphatic carbocycles. The number of aliphatic hydroxyl groups excluding tert-OH is 1. The van der Waals surface area contributed by atoms with Crippen LogP contribution in [0, 0.1) is 5.92 Å². The van der Waals surface area contributed by atoms with E-state index >= 15 is 0 Å². The van der Waals surface area contributed by atoms with Crippen molar-refractivity contribution >= 4 is 36.3 Å². The number of carboxylic acids is 1. The minimum atomic E-state index is -1.35. The molecule has 3 amide bonds. The van der Waals surface area contributed by atoms with E-state index in [4.69, 9.17) is 15.9 Å². The molecule has 3 unspecified atom stereocenters. The first-order valence-corrected chi connectivity index (χ1v) is 7.84. The SMILES string of the molecule is CC(C)C(N)C(=O)NCC(=O)NC(CO)C(=O)NC(CS)C(=O)O. The van der Waals surface area contributed by atoms with E-state index in [0.717, 1.165) is 0 Å². The van der Waals surface area contributed by atoms with Gasteiger partial charge in [-0.05, 0) is 5.92 Å². The van der Waals surface area contributed by atoms with E-state index in [2.05, 4.69) is 28.6 Å². The number of hydrogen-bond acceptors (Lipinski definition) is 7. The lowest BCUT2D eigenvalue weighted by atomic mass is 10.1. The van der Waals surface area contributed by atoms with Crippen molar-refractivity contribution in [3.63, 3.8) is 0 Å². The van der Waals surface area contributed by atoms with Gasteiger partial charge in [0.25, 0.3) is 0 Å². The summed E-state index contributed by atoms with van der Waals surface area (Å²) in [6, 6.07) is -3.38. The smallest absolute Gasteiger partial charge is 0.327 e. The average Bonchev–Trinajstić information content (AvgIpc) is 2.53. The van der Waals surface area contributed by atoms with E-state index < -0.39 is 55.0 Å². The first-order valence-electron chi connectivity index (χ1n) is 7.21. The maximum absolute atomic E-state index is 11.8. The summed E-state index contributed by atoms with van der Waals surface area (Å²) in [5, 5.41) is 24.6. The third-order valence-electron chi connectivity index (χ3n) is 3.08. The van der Waals surface area contributed by atoms with Gasteiger partial charge >= 0.3 is 5.97 Å². The molecule has 7 N–H and O–H groups in total. The maximum atomic E-state index is 11.8. The molecule has 24 heavy (non-hydrogen) atoms. The summed E-state index contributed by atoms with van der Waals surface area (Å²) >= 11 is 3.78. The van der Waals surface area contributed by atoms with Crippen LogP contribution in [0.2, 0.25) is 0 Å². The Morgan fingerprint density at radius 3 is 2.08 bits per heavy atom. The van der Waals surface area contributed by atoms with Gasteiger partial charge in [0.15, 0.2) is 0 Å². The predicted molar refractivity (Wildman–Crippen MR) is 88.3 cm³/mol. The summed E-state index contributed by atoms with van der Waals surface area (Å²) in [5.74, 6) is -3.69. The monoisotopic (exact) mass is 364 g/mol. The van der Waals surface area contributed by atoms with Crippen LogP contribution in [0.25, 0.3) is 0 Å². The van der Waals surface area contributed by atoms with Crippen LogP contribution in [-0.2, 0) is 19.2 Å². The lowest BCUT2D eigenvalue weighted by molar-refractivity contribution is -0.141. The molecular weight excluding hydrogens is 340 g/mol. The van der Waals surface area contributed by atoms with Crippen molar-refractivity contribution in [3.8, 4) is 0 Å². The van der Waals surface area contributed by atoms with Crippen molar-refractivity contribution in [2.24, 2.45) is 11.7 Å². The number of hydrogen-bond donors (Lipinski definition) is 7. The fourth-order valence-electron chi connectivity index (χ4n) is 1.49. The van der Waals surface area contributed by atoms with E-state index in [0.29, 0.717) is 0 Å². The summed E-state index contributed by atoms with van der Waals surface area (Å²) in [6.07, 6.45) is 0. The molecule has 0 spiro atoms. The number of nitrogens with one attached hydrogen (secondary N) is 3. The number of nitrogens with two attached hydrogens (primary N) is 1. The Balaban J connectivity index is 4.50. The highest BCUT2D eigenvalue weighted by atomic mass is 32.1. The van der Waals surface area contributed by atoms with Gasteiger partial charge in [-0.3, -0.25) is 14.4 Å². The van der Waals surface area contributed by atoms with Crippen molar-refractivity contribution in [1.82, 2.24) is 16.0 Å². The second-order valence-corrected chi connectivity index (χ2v) is 5.74. The van der Waals surface area contributed by atoms with Gasteiger partial charge in [-0.2, -0.15) is 12.6 Å². The first-order chi connectivity index (χ1) is 11.1. The molecule has 0 aromatic carbocycles. The third kappa shape index (κ3) is 7.62. The van der Waals surface area contributed by atoms with Gasteiger partial charge < -0.3 is 31.9 Å². The molecule has 0 aliphatic heterocycles. The minimum absolute atomic E-state index is 0.113. The molecule has 0 saturated carbocycles. The van der Waals surface area contributed by atoms with Gasteiger partial charge in [0.05, 0.1) is 19.2 Å². The fourth-order valence-corrected chi connectivity index (χ4v) is 1.73. The highest BCUT2D eigenvalue weighted by molar-refractivity contribution is 7.80. The summed E-state index contributed by atoms with van der Waals surface area (Å²) < 4.78 is 0. The van der Waals surface area contributed by atoms with Crippen molar-refractivity contribution < 1.29 is 29.4 Å². The largest absolute Gasteiger partial charge is 0.480 e. The quantitative estimate of drug-likeness (QED) is 0.203. The Hall–Kier alpha value is -1.85. The molecule has 0 aliphatic rings. The van der Waals surface area contributed by atoms with E-state index in [1.165, 1.54) is 0 Å². The van der Waals surface area contributed by atoms with Crippen LogP contribution in [0.5, 0.6) is 0 Å². The van der Waals surface area contributed by atoms with E-state index in [1.54, 1.807) is 13.8 Å². The second kappa shape index (κ2) is 10.8. The number of amides is 3. The maximum Gasteiger partial charge on any atom is 0.327 e. The number of carboxylic acid groups (broad SMARTS) is 1. The molecule has 0 fully saturated rings. The Bertz CT molecular complexity index is 473. The molecule has 0 radical (unpaired) electrons.